The normalized spacial score (nSPS) is 25.0. The fraction of sp³-hybridized carbons (Fsp3) is 0.600. The molecular formula is C15H22ClNO2S. The summed E-state index contributed by atoms with van der Waals surface area (Å²) in [6, 6.07) is 7.36. The van der Waals surface area contributed by atoms with Crippen LogP contribution in [0.5, 0.6) is 0 Å². The van der Waals surface area contributed by atoms with Crippen LogP contribution in [0.2, 0.25) is 0 Å². The van der Waals surface area contributed by atoms with Crippen molar-refractivity contribution in [2.75, 3.05) is 11.1 Å². The first-order valence-corrected chi connectivity index (χ1v) is 9.09. The highest BCUT2D eigenvalue weighted by Gasteiger charge is 2.47. The minimum absolute atomic E-state index is 0.0640. The summed E-state index contributed by atoms with van der Waals surface area (Å²) in [5.41, 5.74) is 1.01. The van der Waals surface area contributed by atoms with Crippen LogP contribution in [0.25, 0.3) is 0 Å². The largest absolute Gasteiger partial charge is 0.382 e. The van der Waals surface area contributed by atoms with Crippen molar-refractivity contribution >= 4 is 27.1 Å². The number of rotatable bonds is 5. The molecule has 0 heterocycles. The van der Waals surface area contributed by atoms with Crippen molar-refractivity contribution < 1.29 is 8.42 Å². The van der Waals surface area contributed by atoms with Gasteiger partial charge >= 0.3 is 0 Å². The van der Waals surface area contributed by atoms with Crippen molar-refractivity contribution in [2.45, 2.75) is 49.9 Å². The van der Waals surface area contributed by atoms with Gasteiger partial charge in [0.05, 0.1) is 10.6 Å². The van der Waals surface area contributed by atoms with Crippen LogP contribution in [0.15, 0.2) is 29.2 Å². The van der Waals surface area contributed by atoms with Gasteiger partial charge in [0, 0.05) is 22.5 Å². The molecule has 1 aliphatic carbocycles. The number of nitrogens with one attached hydrogen (secondary N) is 1. The second kappa shape index (κ2) is 5.57. The van der Waals surface area contributed by atoms with E-state index in [1.54, 1.807) is 12.1 Å². The average Bonchev–Trinajstić information content (AvgIpc) is 2.39. The molecule has 1 aromatic carbocycles. The molecule has 0 spiro atoms. The van der Waals surface area contributed by atoms with Crippen molar-refractivity contribution in [1.82, 2.24) is 0 Å². The Hall–Kier alpha value is -0.740. The van der Waals surface area contributed by atoms with Gasteiger partial charge in [-0.15, -0.1) is 11.6 Å². The Labute approximate surface area is 126 Å². The van der Waals surface area contributed by atoms with E-state index in [4.69, 9.17) is 11.6 Å². The molecule has 1 N–H and O–H groups in total. The highest BCUT2D eigenvalue weighted by atomic mass is 35.5. The molecular weight excluding hydrogens is 294 g/mol. The summed E-state index contributed by atoms with van der Waals surface area (Å²) in [6.07, 6.45) is 1.57. The van der Waals surface area contributed by atoms with E-state index in [0.29, 0.717) is 17.4 Å². The third-order valence-corrected chi connectivity index (χ3v) is 6.85. The Morgan fingerprint density at radius 1 is 1.30 bits per heavy atom. The maximum Gasteiger partial charge on any atom is 0.178 e. The summed E-state index contributed by atoms with van der Waals surface area (Å²) in [4.78, 5) is 0.396. The van der Waals surface area contributed by atoms with E-state index < -0.39 is 9.84 Å². The quantitative estimate of drug-likeness (QED) is 0.843. The molecule has 2 atom stereocenters. The molecule has 0 amide bonds. The Balaban J connectivity index is 2.07. The minimum Gasteiger partial charge on any atom is -0.382 e. The van der Waals surface area contributed by atoms with E-state index in [2.05, 4.69) is 19.2 Å². The number of alkyl halides is 1. The molecule has 20 heavy (non-hydrogen) atoms. The molecule has 0 aromatic heterocycles. The predicted octanol–water partition coefficient (Wildman–Crippen LogP) is 3.69. The Kier molecular flexibility index (Phi) is 4.35. The van der Waals surface area contributed by atoms with Gasteiger partial charge in [-0.3, -0.25) is 0 Å². The Morgan fingerprint density at radius 3 is 2.35 bits per heavy atom. The number of hydrogen-bond donors (Lipinski definition) is 1. The smallest absolute Gasteiger partial charge is 0.178 e. The highest BCUT2D eigenvalue weighted by Crippen LogP contribution is 2.45. The van der Waals surface area contributed by atoms with E-state index in [0.717, 1.165) is 12.1 Å². The zero-order valence-electron chi connectivity index (χ0n) is 12.2. The molecule has 0 saturated heterocycles. The first-order chi connectivity index (χ1) is 9.27. The van der Waals surface area contributed by atoms with Crippen LogP contribution in [-0.4, -0.2) is 25.6 Å². The number of sulfone groups is 1. The monoisotopic (exact) mass is 315 g/mol. The fourth-order valence-corrected chi connectivity index (χ4v) is 4.12. The second-order valence-electron chi connectivity index (χ2n) is 6.06. The van der Waals surface area contributed by atoms with Gasteiger partial charge < -0.3 is 5.32 Å². The van der Waals surface area contributed by atoms with Gasteiger partial charge in [0.25, 0.3) is 0 Å². The first kappa shape index (κ1) is 15.6. The molecule has 1 saturated carbocycles. The van der Waals surface area contributed by atoms with Gasteiger partial charge in [0.1, 0.15) is 0 Å². The standard InChI is InChI=1S/C15H22ClNO2S/c1-4-9-20(18,19)12-7-5-11(6-8-12)17-14-10-13(16)15(14,2)3/h5-8,13-14,17H,4,9-10H2,1-3H3. The SMILES string of the molecule is CCCS(=O)(=O)c1ccc(NC2CC(Cl)C2(C)C)cc1. The van der Waals surface area contributed by atoms with E-state index in [-0.39, 0.29) is 16.5 Å². The highest BCUT2D eigenvalue weighted by molar-refractivity contribution is 7.91. The van der Waals surface area contributed by atoms with Crippen molar-refractivity contribution in [2.24, 2.45) is 5.41 Å². The summed E-state index contributed by atoms with van der Waals surface area (Å²) in [6.45, 7) is 6.16. The summed E-state index contributed by atoms with van der Waals surface area (Å²) in [5, 5.41) is 3.63. The molecule has 1 aliphatic rings. The van der Waals surface area contributed by atoms with E-state index in [9.17, 15) is 8.42 Å². The van der Waals surface area contributed by atoms with Crippen LogP contribution in [0.1, 0.15) is 33.6 Å². The van der Waals surface area contributed by atoms with Crippen LogP contribution in [0.3, 0.4) is 0 Å². The Bertz CT molecular complexity index is 566. The third-order valence-electron chi connectivity index (χ3n) is 4.18. The lowest BCUT2D eigenvalue weighted by Crippen LogP contribution is -2.54. The maximum absolute atomic E-state index is 11.9. The van der Waals surface area contributed by atoms with Crippen LogP contribution in [0.4, 0.5) is 5.69 Å². The summed E-state index contributed by atoms with van der Waals surface area (Å²) in [5.74, 6) is 0.198. The molecule has 0 bridgehead atoms. The van der Waals surface area contributed by atoms with Crippen LogP contribution in [0, 0.1) is 5.41 Å². The van der Waals surface area contributed by atoms with Gasteiger partial charge in [-0.25, -0.2) is 8.42 Å². The van der Waals surface area contributed by atoms with E-state index >= 15 is 0 Å². The number of halogens is 1. The van der Waals surface area contributed by atoms with Crippen LogP contribution < -0.4 is 5.32 Å². The second-order valence-corrected chi connectivity index (χ2v) is 8.70. The van der Waals surface area contributed by atoms with Gasteiger partial charge in [-0.2, -0.15) is 0 Å². The molecule has 0 radical (unpaired) electrons. The molecule has 2 rings (SSSR count). The van der Waals surface area contributed by atoms with Gasteiger partial charge in [-0.1, -0.05) is 20.8 Å². The zero-order valence-corrected chi connectivity index (χ0v) is 13.8. The third kappa shape index (κ3) is 2.96. The average molecular weight is 316 g/mol. The van der Waals surface area contributed by atoms with Crippen molar-refractivity contribution in [3.05, 3.63) is 24.3 Å². The lowest BCUT2D eigenvalue weighted by molar-refractivity contribution is 0.168. The molecule has 2 unspecified atom stereocenters. The summed E-state index contributed by atoms with van der Waals surface area (Å²) >= 11 is 6.20. The van der Waals surface area contributed by atoms with E-state index in [1.807, 2.05) is 19.1 Å². The van der Waals surface area contributed by atoms with Crippen molar-refractivity contribution in [1.29, 1.82) is 0 Å². The molecule has 0 aliphatic heterocycles. The molecule has 112 valence electrons. The zero-order chi connectivity index (χ0) is 15.0. The number of hydrogen-bond acceptors (Lipinski definition) is 3. The lowest BCUT2D eigenvalue weighted by Gasteiger charge is -2.49. The topological polar surface area (TPSA) is 46.2 Å². The number of benzene rings is 1. The Morgan fingerprint density at radius 2 is 1.90 bits per heavy atom. The molecule has 5 heteroatoms. The lowest BCUT2D eigenvalue weighted by atomic mass is 9.66. The molecule has 1 fully saturated rings. The van der Waals surface area contributed by atoms with Gasteiger partial charge in [-0.05, 0) is 37.1 Å². The predicted molar refractivity (Wildman–Crippen MR) is 84.2 cm³/mol. The maximum atomic E-state index is 11.9. The van der Waals surface area contributed by atoms with Crippen molar-refractivity contribution in [3.8, 4) is 0 Å². The molecule has 1 aromatic rings. The first-order valence-electron chi connectivity index (χ1n) is 7.01. The van der Waals surface area contributed by atoms with Gasteiger partial charge in [0.2, 0.25) is 0 Å². The fourth-order valence-electron chi connectivity index (χ4n) is 2.46. The summed E-state index contributed by atoms with van der Waals surface area (Å²) < 4.78 is 23.9. The van der Waals surface area contributed by atoms with Crippen LogP contribution in [-0.2, 0) is 9.84 Å². The summed E-state index contributed by atoms with van der Waals surface area (Å²) in [7, 11) is -3.13. The molecule has 3 nitrogen and oxygen atoms in total. The minimum atomic E-state index is -3.13. The van der Waals surface area contributed by atoms with Gasteiger partial charge in [0.15, 0.2) is 9.84 Å². The van der Waals surface area contributed by atoms with E-state index in [1.165, 1.54) is 0 Å². The number of anilines is 1. The van der Waals surface area contributed by atoms with Crippen LogP contribution >= 0.6 is 11.6 Å². The van der Waals surface area contributed by atoms with Crippen molar-refractivity contribution in [3.63, 3.8) is 0 Å².